The Hall–Kier alpha value is -0.410. The first kappa shape index (κ1) is 12.1. The van der Waals surface area contributed by atoms with Crippen molar-refractivity contribution < 1.29 is 0 Å². The summed E-state index contributed by atoms with van der Waals surface area (Å²) in [5.41, 5.74) is 0.430. The Morgan fingerprint density at radius 1 is 1.44 bits per heavy atom. The van der Waals surface area contributed by atoms with Crippen molar-refractivity contribution in [1.82, 2.24) is 10.3 Å². The van der Waals surface area contributed by atoms with E-state index in [4.69, 9.17) is 0 Å². The average molecular weight is 238 g/mol. The summed E-state index contributed by atoms with van der Waals surface area (Å²) in [6, 6.07) is 0. The third-order valence-corrected chi connectivity index (χ3v) is 4.01. The molecule has 2 rings (SSSR count). The van der Waals surface area contributed by atoms with Gasteiger partial charge in [-0.2, -0.15) is 0 Å². The summed E-state index contributed by atoms with van der Waals surface area (Å²) in [5, 5.41) is 4.86. The number of nitrogens with one attached hydrogen (secondary N) is 1. The Balaban J connectivity index is 1.68. The van der Waals surface area contributed by atoms with Crippen LogP contribution in [0.1, 0.15) is 55.8 Å². The number of thiazole rings is 1. The topological polar surface area (TPSA) is 24.9 Å². The molecule has 0 unspecified atom stereocenters. The fourth-order valence-corrected chi connectivity index (χ4v) is 2.65. The van der Waals surface area contributed by atoms with Crippen LogP contribution >= 0.6 is 11.3 Å². The van der Waals surface area contributed by atoms with E-state index >= 15 is 0 Å². The highest BCUT2D eigenvalue weighted by Crippen LogP contribution is 2.41. The van der Waals surface area contributed by atoms with Gasteiger partial charge in [-0.15, -0.1) is 11.3 Å². The number of hydrogen-bond acceptors (Lipinski definition) is 3. The summed E-state index contributed by atoms with van der Waals surface area (Å²) in [5.74, 6) is 0.799. The number of aromatic nitrogens is 1. The lowest BCUT2D eigenvalue weighted by Crippen LogP contribution is -2.19. The summed E-state index contributed by atoms with van der Waals surface area (Å²) >= 11 is 1.89. The van der Waals surface area contributed by atoms with E-state index in [2.05, 4.69) is 31.1 Å². The fourth-order valence-electron chi connectivity index (χ4n) is 1.60. The van der Waals surface area contributed by atoms with Crippen LogP contribution in [0.5, 0.6) is 0 Å². The first-order valence-electron chi connectivity index (χ1n) is 6.20. The second kappa shape index (κ2) is 4.84. The van der Waals surface area contributed by atoms with E-state index in [1.165, 1.54) is 29.1 Å². The molecule has 0 saturated heterocycles. The molecule has 0 atom stereocenters. The summed E-state index contributed by atoms with van der Waals surface area (Å²) in [6.45, 7) is 8.94. The van der Waals surface area contributed by atoms with Crippen molar-refractivity contribution in [1.29, 1.82) is 0 Å². The highest BCUT2D eigenvalue weighted by atomic mass is 32.1. The monoisotopic (exact) mass is 238 g/mol. The second-order valence-electron chi connectivity index (χ2n) is 5.93. The summed E-state index contributed by atoms with van der Waals surface area (Å²) in [7, 11) is 0. The van der Waals surface area contributed by atoms with Crippen LogP contribution in [0.4, 0.5) is 0 Å². The standard InChI is InChI=1S/C13H22N2S/c1-13(2,3)6-7-14-8-11-9-15-12(16-11)10-4-5-10/h9-10,14H,4-8H2,1-3H3. The van der Waals surface area contributed by atoms with Crippen molar-refractivity contribution in [2.24, 2.45) is 5.41 Å². The molecule has 0 bridgehead atoms. The Morgan fingerprint density at radius 2 is 2.19 bits per heavy atom. The molecule has 1 aromatic rings. The average Bonchev–Trinajstić information content (AvgIpc) is 2.93. The van der Waals surface area contributed by atoms with Gasteiger partial charge in [0.05, 0.1) is 5.01 Å². The maximum Gasteiger partial charge on any atom is 0.0959 e. The lowest BCUT2D eigenvalue weighted by molar-refractivity contribution is 0.367. The third kappa shape index (κ3) is 3.87. The molecule has 0 spiro atoms. The maximum atomic E-state index is 4.48. The molecule has 1 saturated carbocycles. The van der Waals surface area contributed by atoms with E-state index in [9.17, 15) is 0 Å². The molecule has 1 fully saturated rings. The summed E-state index contributed by atoms with van der Waals surface area (Å²) < 4.78 is 0. The van der Waals surface area contributed by atoms with Gasteiger partial charge in [0.25, 0.3) is 0 Å². The zero-order valence-electron chi connectivity index (χ0n) is 10.5. The maximum absolute atomic E-state index is 4.48. The predicted octanol–water partition coefficient (Wildman–Crippen LogP) is 3.55. The summed E-state index contributed by atoms with van der Waals surface area (Å²) in [6.07, 6.45) is 5.97. The first-order valence-corrected chi connectivity index (χ1v) is 7.01. The van der Waals surface area contributed by atoms with Crippen LogP contribution in [-0.2, 0) is 6.54 Å². The molecule has 2 nitrogen and oxygen atoms in total. The SMILES string of the molecule is CC(C)(C)CCNCc1cnc(C2CC2)s1. The van der Waals surface area contributed by atoms with Crippen LogP contribution in [0.25, 0.3) is 0 Å². The molecule has 1 aliphatic carbocycles. The van der Waals surface area contributed by atoms with Gasteiger partial charge in [0, 0.05) is 23.5 Å². The van der Waals surface area contributed by atoms with E-state index in [1.807, 2.05) is 17.5 Å². The smallest absolute Gasteiger partial charge is 0.0959 e. The molecule has 0 aromatic carbocycles. The number of rotatable bonds is 5. The van der Waals surface area contributed by atoms with Crippen molar-refractivity contribution in [3.05, 3.63) is 16.1 Å². The molecule has 1 aromatic heterocycles. The van der Waals surface area contributed by atoms with Crippen LogP contribution in [0.2, 0.25) is 0 Å². The van der Waals surface area contributed by atoms with Crippen LogP contribution < -0.4 is 5.32 Å². The van der Waals surface area contributed by atoms with Crippen molar-refractivity contribution >= 4 is 11.3 Å². The quantitative estimate of drug-likeness (QED) is 0.794. The van der Waals surface area contributed by atoms with Crippen LogP contribution in [-0.4, -0.2) is 11.5 Å². The second-order valence-corrected chi connectivity index (χ2v) is 7.07. The molecule has 0 radical (unpaired) electrons. The lowest BCUT2D eigenvalue weighted by atomic mass is 9.92. The normalized spacial score (nSPS) is 16.7. The Labute approximate surface area is 102 Å². The predicted molar refractivity (Wildman–Crippen MR) is 69.9 cm³/mol. The van der Waals surface area contributed by atoms with Crippen molar-refractivity contribution in [3.63, 3.8) is 0 Å². The Bertz CT molecular complexity index is 334. The summed E-state index contributed by atoms with van der Waals surface area (Å²) in [4.78, 5) is 5.87. The van der Waals surface area contributed by atoms with Gasteiger partial charge >= 0.3 is 0 Å². The van der Waals surface area contributed by atoms with Gasteiger partial charge < -0.3 is 5.32 Å². The van der Waals surface area contributed by atoms with E-state index in [0.29, 0.717) is 5.41 Å². The zero-order valence-corrected chi connectivity index (χ0v) is 11.4. The molecule has 1 aliphatic rings. The molecule has 1 N–H and O–H groups in total. The van der Waals surface area contributed by atoms with Gasteiger partial charge in [-0.05, 0) is 31.2 Å². The van der Waals surface area contributed by atoms with Gasteiger partial charge in [0.2, 0.25) is 0 Å². The minimum absolute atomic E-state index is 0.430. The first-order chi connectivity index (χ1) is 7.54. The van der Waals surface area contributed by atoms with E-state index < -0.39 is 0 Å². The molecule has 3 heteroatoms. The molecule has 0 amide bonds. The Kier molecular flexibility index (Phi) is 3.65. The fraction of sp³-hybridized carbons (Fsp3) is 0.769. The van der Waals surface area contributed by atoms with E-state index in [1.54, 1.807) is 0 Å². The molecule has 0 aliphatic heterocycles. The van der Waals surface area contributed by atoms with Gasteiger partial charge in [0.1, 0.15) is 0 Å². The zero-order chi connectivity index (χ0) is 11.6. The van der Waals surface area contributed by atoms with E-state index in [0.717, 1.165) is 19.0 Å². The lowest BCUT2D eigenvalue weighted by Gasteiger charge is -2.17. The van der Waals surface area contributed by atoms with Crippen molar-refractivity contribution in [2.75, 3.05) is 6.54 Å². The molecular weight excluding hydrogens is 216 g/mol. The number of nitrogens with zero attached hydrogens (tertiary/aromatic N) is 1. The Morgan fingerprint density at radius 3 is 2.81 bits per heavy atom. The molecular formula is C13H22N2S. The molecule has 90 valence electrons. The molecule has 16 heavy (non-hydrogen) atoms. The third-order valence-electron chi connectivity index (χ3n) is 2.85. The van der Waals surface area contributed by atoms with Gasteiger partial charge in [0.15, 0.2) is 0 Å². The van der Waals surface area contributed by atoms with Gasteiger partial charge in [-0.3, -0.25) is 0 Å². The number of hydrogen-bond donors (Lipinski definition) is 1. The minimum atomic E-state index is 0.430. The van der Waals surface area contributed by atoms with Gasteiger partial charge in [-0.1, -0.05) is 20.8 Å². The van der Waals surface area contributed by atoms with Crippen LogP contribution in [0, 0.1) is 5.41 Å². The van der Waals surface area contributed by atoms with Crippen molar-refractivity contribution in [3.8, 4) is 0 Å². The van der Waals surface area contributed by atoms with Crippen LogP contribution in [0.15, 0.2) is 6.20 Å². The van der Waals surface area contributed by atoms with Crippen molar-refractivity contribution in [2.45, 2.75) is 52.5 Å². The molecule has 1 heterocycles. The minimum Gasteiger partial charge on any atom is -0.312 e. The highest BCUT2D eigenvalue weighted by Gasteiger charge is 2.26. The van der Waals surface area contributed by atoms with Crippen LogP contribution in [0.3, 0.4) is 0 Å². The highest BCUT2D eigenvalue weighted by molar-refractivity contribution is 7.11. The van der Waals surface area contributed by atoms with Gasteiger partial charge in [-0.25, -0.2) is 4.98 Å². The van der Waals surface area contributed by atoms with E-state index in [-0.39, 0.29) is 0 Å². The largest absolute Gasteiger partial charge is 0.312 e.